The van der Waals surface area contributed by atoms with Gasteiger partial charge in [-0.25, -0.2) is 8.42 Å². The van der Waals surface area contributed by atoms with Gasteiger partial charge in [0, 0.05) is 26.7 Å². The van der Waals surface area contributed by atoms with Gasteiger partial charge in [0.1, 0.15) is 5.76 Å². The Bertz CT molecular complexity index is 526. The third-order valence-corrected chi connectivity index (χ3v) is 5.14. The number of hydrogen-bond acceptors (Lipinski definition) is 5. The summed E-state index contributed by atoms with van der Waals surface area (Å²) in [4.78, 5) is 0. The van der Waals surface area contributed by atoms with Crippen molar-refractivity contribution in [1.29, 1.82) is 0 Å². The summed E-state index contributed by atoms with van der Waals surface area (Å²) in [5.74, 6) is 1.03. The quantitative estimate of drug-likeness (QED) is 0.762. The van der Waals surface area contributed by atoms with E-state index in [9.17, 15) is 8.42 Å². The lowest BCUT2D eigenvalue weighted by Crippen LogP contribution is -2.28. The largest absolute Gasteiger partial charge is 0.447 e. The van der Waals surface area contributed by atoms with Gasteiger partial charge in [0.2, 0.25) is 5.09 Å². The van der Waals surface area contributed by atoms with Gasteiger partial charge < -0.3 is 14.5 Å². The molecule has 2 rings (SSSR count). The fourth-order valence-electron chi connectivity index (χ4n) is 2.22. The average Bonchev–Trinajstić information content (AvgIpc) is 3.04. The molecule has 1 aromatic rings. The van der Waals surface area contributed by atoms with E-state index in [1.807, 2.05) is 0 Å². The Morgan fingerprint density at radius 2 is 2.30 bits per heavy atom. The van der Waals surface area contributed by atoms with Crippen molar-refractivity contribution in [2.24, 2.45) is 5.92 Å². The van der Waals surface area contributed by atoms with E-state index >= 15 is 0 Å². The molecule has 0 aliphatic carbocycles. The molecule has 1 N–H and O–H groups in total. The topological polar surface area (TPSA) is 71.8 Å². The van der Waals surface area contributed by atoms with Gasteiger partial charge in [-0.3, -0.25) is 0 Å². The van der Waals surface area contributed by atoms with Crippen LogP contribution in [0.25, 0.3) is 0 Å². The minimum absolute atomic E-state index is 0.0372. The first-order chi connectivity index (χ1) is 9.54. The van der Waals surface area contributed by atoms with Crippen LogP contribution in [0.2, 0.25) is 0 Å². The molecule has 7 heteroatoms. The van der Waals surface area contributed by atoms with Crippen molar-refractivity contribution in [3.8, 4) is 0 Å². The predicted molar refractivity (Wildman–Crippen MR) is 74.8 cm³/mol. The zero-order valence-corrected chi connectivity index (χ0v) is 12.8. The summed E-state index contributed by atoms with van der Waals surface area (Å²) in [6.07, 6.45) is 0.908. The number of furan rings is 1. The Balaban J connectivity index is 1.97. The first-order valence-electron chi connectivity index (χ1n) is 6.82. The number of rotatable bonds is 7. The molecule has 1 aliphatic heterocycles. The molecule has 6 nitrogen and oxygen atoms in total. The Labute approximate surface area is 120 Å². The van der Waals surface area contributed by atoms with Gasteiger partial charge >= 0.3 is 0 Å². The lowest BCUT2D eigenvalue weighted by atomic mass is 10.2. The van der Waals surface area contributed by atoms with Crippen LogP contribution in [0, 0.1) is 5.92 Å². The summed E-state index contributed by atoms with van der Waals surface area (Å²) in [7, 11) is -1.84. The Hall–Kier alpha value is -0.890. The number of hydrogen-bond donors (Lipinski definition) is 1. The van der Waals surface area contributed by atoms with E-state index in [2.05, 4.69) is 12.2 Å². The molecule has 1 saturated heterocycles. The van der Waals surface area contributed by atoms with Crippen molar-refractivity contribution in [3.63, 3.8) is 0 Å². The smallest absolute Gasteiger partial charge is 0.276 e. The van der Waals surface area contributed by atoms with E-state index < -0.39 is 10.0 Å². The van der Waals surface area contributed by atoms with Gasteiger partial charge in [0.05, 0.1) is 13.2 Å². The van der Waals surface area contributed by atoms with Gasteiger partial charge in [-0.15, -0.1) is 0 Å². The van der Waals surface area contributed by atoms with E-state index in [-0.39, 0.29) is 5.09 Å². The highest BCUT2D eigenvalue weighted by atomic mass is 32.2. The molecule has 1 atom stereocenters. The van der Waals surface area contributed by atoms with Crippen LogP contribution in [0.3, 0.4) is 0 Å². The molecular weight excluding hydrogens is 280 g/mol. The van der Waals surface area contributed by atoms with Gasteiger partial charge in [0.15, 0.2) is 0 Å². The fraction of sp³-hybridized carbons (Fsp3) is 0.692. The van der Waals surface area contributed by atoms with Crippen LogP contribution in [0.5, 0.6) is 0 Å². The van der Waals surface area contributed by atoms with Crippen LogP contribution in [0.1, 0.15) is 19.1 Å². The molecule has 20 heavy (non-hydrogen) atoms. The van der Waals surface area contributed by atoms with E-state index in [1.54, 1.807) is 13.2 Å². The molecule has 0 aromatic carbocycles. The first-order valence-corrected chi connectivity index (χ1v) is 8.26. The van der Waals surface area contributed by atoms with Crippen molar-refractivity contribution in [2.75, 3.05) is 33.4 Å². The van der Waals surface area contributed by atoms with E-state index in [0.717, 1.165) is 6.42 Å². The number of sulfonamides is 1. The number of ether oxygens (including phenoxy) is 1. The van der Waals surface area contributed by atoms with Crippen molar-refractivity contribution < 1.29 is 17.6 Å². The first kappa shape index (κ1) is 15.5. The van der Waals surface area contributed by atoms with Gasteiger partial charge in [0.25, 0.3) is 10.0 Å². The van der Waals surface area contributed by atoms with Crippen LogP contribution in [0.4, 0.5) is 0 Å². The highest BCUT2D eigenvalue weighted by Crippen LogP contribution is 2.25. The van der Waals surface area contributed by atoms with Crippen LogP contribution in [-0.2, 0) is 21.3 Å². The lowest BCUT2D eigenvalue weighted by molar-refractivity contribution is 0.198. The van der Waals surface area contributed by atoms with Crippen molar-refractivity contribution >= 4 is 10.0 Å². The second-order valence-corrected chi connectivity index (χ2v) is 7.02. The zero-order chi connectivity index (χ0) is 14.6. The van der Waals surface area contributed by atoms with Gasteiger partial charge in [-0.05, 0) is 24.5 Å². The molecule has 0 radical (unpaired) electrons. The summed E-state index contributed by atoms with van der Waals surface area (Å²) < 4.78 is 36.6. The third-order valence-electron chi connectivity index (χ3n) is 3.40. The Morgan fingerprint density at radius 1 is 1.50 bits per heavy atom. The second kappa shape index (κ2) is 6.71. The third kappa shape index (κ3) is 3.60. The molecule has 1 aromatic heterocycles. The number of nitrogens with zero attached hydrogens (tertiary/aromatic N) is 1. The molecule has 0 saturated carbocycles. The van der Waals surface area contributed by atoms with E-state index in [4.69, 9.17) is 9.15 Å². The van der Waals surface area contributed by atoms with Crippen LogP contribution < -0.4 is 5.32 Å². The molecule has 0 bridgehead atoms. The Morgan fingerprint density at radius 3 is 2.95 bits per heavy atom. The molecule has 114 valence electrons. The van der Waals surface area contributed by atoms with Gasteiger partial charge in [-0.1, -0.05) is 6.92 Å². The maximum Gasteiger partial charge on any atom is 0.276 e. The van der Waals surface area contributed by atoms with Crippen LogP contribution in [-0.4, -0.2) is 46.1 Å². The van der Waals surface area contributed by atoms with Crippen LogP contribution in [0.15, 0.2) is 21.6 Å². The molecule has 0 amide bonds. The van der Waals surface area contributed by atoms with Crippen LogP contribution >= 0.6 is 0 Å². The molecule has 0 spiro atoms. The van der Waals surface area contributed by atoms with Crippen molar-refractivity contribution in [3.05, 3.63) is 17.9 Å². The van der Waals surface area contributed by atoms with E-state index in [1.165, 1.54) is 10.4 Å². The Kier molecular flexibility index (Phi) is 5.20. The fourth-order valence-corrected chi connectivity index (χ4v) is 3.72. The van der Waals surface area contributed by atoms with Crippen molar-refractivity contribution in [2.45, 2.75) is 25.0 Å². The van der Waals surface area contributed by atoms with E-state index in [0.29, 0.717) is 44.5 Å². The van der Waals surface area contributed by atoms with Gasteiger partial charge in [-0.2, -0.15) is 4.31 Å². The average molecular weight is 302 g/mol. The zero-order valence-electron chi connectivity index (χ0n) is 12.0. The van der Waals surface area contributed by atoms with Crippen molar-refractivity contribution in [1.82, 2.24) is 9.62 Å². The monoisotopic (exact) mass is 302 g/mol. The summed E-state index contributed by atoms with van der Waals surface area (Å²) in [5, 5.41) is 3.15. The minimum atomic E-state index is -3.47. The standard InChI is InChI=1S/C13H22N2O4S/c1-11-5-7-15(10-11)20(16,17)13-4-3-12(19-13)9-14-6-8-18-2/h3-4,11,14H,5-10H2,1-2H3. The SMILES string of the molecule is COCCNCc1ccc(S(=O)(=O)N2CCC(C)C2)o1. The summed E-state index contributed by atoms with van der Waals surface area (Å²) in [6, 6.07) is 3.23. The molecule has 1 unspecified atom stereocenters. The maximum absolute atomic E-state index is 12.4. The molecular formula is C13H22N2O4S. The predicted octanol–water partition coefficient (Wildman–Crippen LogP) is 1.05. The summed E-state index contributed by atoms with van der Waals surface area (Å²) in [5.41, 5.74) is 0. The maximum atomic E-state index is 12.4. The minimum Gasteiger partial charge on any atom is -0.447 e. The molecule has 1 fully saturated rings. The molecule has 2 heterocycles. The number of nitrogens with one attached hydrogen (secondary N) is 1. The highest BCUT2D eigenvalue weighted by Gasteiger charge is 2.32. The summed E-state index contributed by atoms with van der Waals surface area (Å²) >= 11 is 0. The summed E-state index contributed by atoms with van der Waals surface area (Å²) in [6.45, 7) is 5.01. The normalized spacial score (nSPS) is 20.6. The second-order valence-electron chi connectivity index (χ2n) is 5.15. The molecule has 1 aliphatic rings. The number of methoxy groups -OCH3 is 1. The lowest BCUT2D eigenvalue weighted by Gasteiger charge is -2.13. The highest BCUT2D eigenvalue weighted by molar-refractivity contribution is 7.89.